The number of carbonyl (C=O) groups is 2. The number of nitrogens with one attached hydrogen (secondary N) is 2. The minimum Gasteiger partial charge on any atom is -0.395 e. The van der Waals surface area contributed by atoms with Crippen LogP contribution in [0.25, 0.3) is 0 Å². The van der Waals surface area contributed by atoms with E-state index in [2.05, 4.69) is 15.0 Å². The third-order valence-electron chi connectivity index (χ3n) is 3.33. The first-order valence-corrected chi connectivity index (χ1v) is 8.19. The second kappa shape index (κ2) is 7.55. The van der Waals surface area contributed by atoms with Crippen molar-refractivity contribution in [1.29, 1.82) is 0 Å². The largest absolute Gasteiger partial charge is 0.395 e. The Labute approximate surface area is 133 Å². The molecule has 1 aliphatic heterocycles. The Morgan fingerprint density at radius 3 is 2.82 bits per heavy atom. The van der Waals surface area contributed by atoms with Crippen LogP contribution in [0.4, 0.5) is 5.69 Å². The van der Waals surface area contributed by atoms with E-state index in [-0.39, 0.29) is 34.2 Å². The lowest BCUT2D eigenvalue weighted by Gasteiger charge is -2.10. The van der Waals surface area contributed by atoms with Crippen LogP contribution in [-0.4, -0.2) is 42.0 Å². The van der Waals surface area contributed by atoms with E-state index in [0.717, 1.165) is 31.0 Å². The average Bonchev–Trinajstić information content (AvgIpc) is 3.11. The Kier molecular flexibility index (Phi) is 5.73. The van der Waals surface area contributed by atoms with Gasteiger partial charge in [-0.25, -0.2) is 0 Å². The van der Waals surface area contributed by atoms with Crippen molar-refractivity contribution in [3.05, 3.63) is 10.6 Å². The maximum Gasteiger partial charge on any atom is 0.273 e. The molecule has 1 aromatic rings. The molecule has 1 aliphatic rings. The summed E-state index contributed by atoms with van der Waals surface area (Å²) in [6, 6.07) is 0. The van der Waals surface area contributed by atoms with Crippen LogP contribution in [0.1, 0.15) is 46.8 Å². The second-order valence-corrected chi connectivity index (χ2v) is 6.50. The number of hydrogen-bond acceptors (Lipinski definition) is 6. The Hall–Kier alpha value is -1.67. The topological polar surface area (TPSA) is 106 Å². The molecule has 0 spiro atoms. The van der Waals surface area contributed by atoms with Crippen LogP contribution in [0.2, 0.25) is 0 Å². The Balaban J connectivity index is 1.94. The molecule has 0 saturated carbocycles. The lowest BCUT2D eigenvalue weighted by Crippen LogP contribution is -2.32. The monoisotopic (exact) mass is 326 g/mol. The maximum absolute atomic E-state index is 12.1. The number of anilines is 1. The highest BCUT2D eigenvalue weighted by Crippen LogP contribution is 2.21. The molecule has 2 rings (SSSR count). The van der Waals surface area contributed by atoms with Crippen molar-refractivity contribution in [3.8, 4) is 0 Å². The standard InChI is InChI=1S/C14H22N4O3S/c1-8(2)6-16-13(19)11-10(15)12(22-18-11)14(20)17-7-9-4-3-5-21-9/h8-9H,3-7,15H2,1-2H3,(H,16,19)(H,17,20)/t9-/m1/s1. The van der Waals surface area contributed by atoms with Gasteiger partial charge in [0.05, 0.1) is 11.8 Å². The molecule has 7 nitrogen and oxygen atoms in total. The van der Waals surface area contributed by atoms with E-state index < -0.39 is 0 Å². The first-order valence-electron chi connectivity index (χ1n) is 7.42. The molecule has 122 valence electrons. The summed E-state index contributed by atoms with van der Waals surface area (Å²) in [4.78, 5) is 24.4. The van der Waals surface area contributed by atoms with E-state index in [1.54, 1.807) is 0 Å². The normalized spacial score (nSPS) is 17.7. The lowest BCUT2D eigenvalue weighted by molar-refractivity contribution is 0.0861. The van der Waals surface area contributed by atoms with Gasteiger partial charge in [-0.2, -0.15) is 4.37 Å². The Bertz CT molecular complexity index is 538. The van der Waals surface area contributed by atoms with Gasteiger partial charge in [-0.15, -0.1) is 0 Å². The maximum atomic E-state index is 12.1. The molecule has 0 unspecified atom stereocenters. The van der Waals surface area contributed by atoms with Gasteiger partial charge in [-0.1, -0.05) is 13.8 Å². The molecule has 22 heavy (non-hydrogen) atoms. The van der Waals surface area contributed by atoms with Crippen molar-refractivity contribution in [2.45, 2.75) is 32.8 Å². The predicted molar refractivity (Wildman–Crippen MR) is 85.0 cm³/mol. The molecule has 0 aliphatic carbocycles. The van der Waals surface area contributed by atoms with E-state index in [4.69, 9.17) is 10.5 Å². The first-order chi connectivity index (χ1) is 10.5. The summed E-state index contributed by atoms with van der Waals surface area (Å²) in [7, 11) is 0. The summed E-state index contributed by atoms with van der Waals surface area (Å²) >= 11 is 0.941. The zero-order chi connectivity index (χ0) is 16.1. The molecule has 1 saturated heterocycles. The summed E-state index contributed by atoms with van der Waals surface area (Å²) in [5.41, 5.74) is 6.14. The van der Waals surface area contributed by atoms with Crippen molar-refractivity contribution < 1.29 is 14.3 Å². The van der Waals surface area contributed by atoms with Crippen molar-refractivity contribution in [3.63, 3.8) is 0 Å². The van der Waals surface area contributed by atoms with E-state index in [1.807, 2.05) is 13.8 Å². The van der Waals surface area contributed by atoms with Crippen LogP contribution < -0.4 is 16.4 Å². The van der Waals surface area contributed by atoms with Crippen LogP contribution in [-0.2, 0) is 4.74 Å². The van der Waals surface area contributed by atoms with Gasteiger partial charge in [0.1, 0.15) is 4.88 Å². The molecule has 8 heteroatoms. The molecule has 4 N–H and O–H groups in total. The van der Waals surface area contributed by atoms with Crippen LogP contribution in [0.3, 0.4) is 0 Å². The van der Waals surface area contributed by atoms with Gasteiger partial charge in [0, 0.05) is 19.7 Å². The predicted octanol–water partition coefficient (Wildman–Crippen LogP) is 1.02. The van der Waals surface area contributed by atoms with Gasteiger partial charge in [-0.05, 0) is 30.3 Å². The highest BCUT2D eigenvalue weighted by Gasteiger charge is 2.23. The average molecular weight is 326 g/mol. The number of nitrogen functional groups attached to an aromatic ring is 1. The minimum absolute atomic E-state index is 0.0620. The summed E-state index contributed by atoms with van der Waals surface area (Å²) in [5.74, 6) is -0.327. The lowest BCUT2D eigenvalue weighted by atomic mass is 10.2. The zero-order valence-electron chi connectivity index (χ0n) is 12.8. The van der Waals surface area contributed by atoms with E-state index in [0.29, 0.717) is 19.0 Å². The third kappa shape index (κ3) is 4.17. The van der Waals surface area contributed by atoms with Crippen molar-refractivity contribution in [2.24, 2.45) is 5.92 Å². The fraction of sp³-hybridized carbons (Fsp3) is 0.643. The number of carbonyl (C=O) groups excluding carboxylic acids is 2. The molecular formula is C14H22N4O3S. The van der Waals surface area contributed by atoms with Crippen molar-refractivity contribution >= 4 is 29.0 Å². The number of ether oxygens (including phenoxy) is 1. The Morgan fingerprint density at radius 1 is 1.41 bits per heavy atom. The molecule has 1 atom stereocenters. The van der Waals surface area contributed by atoms with Gasteiger partial charge in [0.15, 0.2) is 5.69 Å². The van der Waals surface area contributed by atoms with Crippen LogP contribution in [0.5, 0.6) is 0 Å². The van der Waals surface area contributed by atoms with Crippen LogP contribution in [0.15, 0.2) is 0 Å². The van der Waals surface area contributed by atoms with Gasteiger partial charge in [-0.3, -0.25) is 9.59 Å². The molecular weight excluding hydrogens is 304 g/mol. The number of aromatic nitrogens is 1. The zero-order valence-corrected chi connectivity index (χ0v) is 13.7. The highest BCUT2D eigenvalue weighted by molar-refractivity contribution is 7.09. The van der Waals surface area contributed by atoms with Gasteiger partial charge < -0.3 is 21.1 Å². The van der Waals surface area contributed by atoms with Crippen LogP contribution >= 0.6 is 11.5 Å². The van der Waals surface area contributed by atoms with Crippen molar-refractivity contribution in [1.82, 2.24) is 15.0 Å². The smallest absolute Gasteiger partial charge is 0.273 e. The third-order valence-corrected chi connectivity index (χ3v) is 4.20. The summed E-state index contributed by atoms with van der Waals surface area (Å²) in [6.45, 7) is 5.72. The summed E-state index contributed by atoms with van der Waals surface area (Å²) in [5, 5.41) is 5.52. The first kappa shape index (κ1) is 16.7. The number of nitrogens with zero attached hydrogens (tertiary/aromatic N) is 1. The minimum atomic E-state index is -0.347. The molecule has 1 fully saturated rings. The highest BCUT2D eigenvalue weighted by atomic mass is 32.1. The van der Waals surface area contributed by atoms with E-state index in [1.165, 1.54) is 0 Å². The second-order valence-electron chi connectivity index (χ2n) is 5.72. The van der Waals surface area contributed by atoms with Gasteiger partial charge in [0.2, 0.25) is 0 Å². The number of hydrogen-bond donors (Lipinski definition) is 3. The van der Waals surface area contributed by atoms with Crippen LogP contribution in [0, 0.1) is 5.92 Å². The molecule has 0 radical (unpaired) electrons. The van der Waals surface area contributed by atoms with Gasteiger partial charge >= 0.3 is 0 Å². The van der Waals surface area contributed by atoms with E-state index in [9.17, 15) is 9.59 Å². The van der Waals surface area contributed by atoms with Gasteiger partial charge in [0.25, 0.3) is 11.8 Å². The molecule has 2 heterocycles. The molecule has 0 aromatic carbocycles. The number of rotatable bonds is 6. The quantitative estimate of drug-likeness (QED) is 0.723. The SMILES string of the molecule is CC(C)CNC(=O)c1nsc(C(=O)NC[C@H]2CCCO2)c1N. The molecule has 2 amide bonds. The van der Waals surface area contributed by atoms with E-state index >= 15 is 0 Å². The number of nitrogens with two attached hydrogens (primary N) is 1. The molecule has 0 bridgehead atoms. The fourth-order valence-electron chi connectivity index (χ4n) is 2.10. The fourth-order valence-corrected chi connectivity index (χ4v) is 2.81. The Morgan fingerprint density at radius 2 is 2.18 bits per heavy atom. The summed E-state index contributed by atoms with van der Waals surface area (Å²) in [6.07, 6.45) is 2.02. The molecule has 1 aromatic heterocycles. The summed E-state index contributed by atoms with van der Waals surface area (Å²) < 4.78 is 9.45. The number of amides is 2. The van der Waals surface area contributed by atoms with Crippen molar-refractivity contribution in [2.75, 3.05) is 25.4 Å².